The molecular weight excluding hydrogens is 338 g/mol. The molecule has 0 radical (unpaired) electrons. The zero-order chi connectivity index (χ0) is 18.0. The molecular formula is C17H21N5O2S. The molecule has 2 heterocycles. The summed E-state index contributed by atoms with van der Waals surface area (Å²) >= 11 is 0. The van der Waals surface area contributed by atoms with Crippen LogP contribution in [0, 0.1) is 11.3 Å². The van der Waals surface area contributed by atoms with Crippen LogP contribution in [0.5, 0.6) is 0 Å². The van der Waals surface area contributed by atoms with Crippen molar-refractivity contribution in [3.8, 4) is 6.07 Å². The predicted octanol–water partition coefficient (Wildman–Crippen LogP) is 1.42. The van der Waals surface area contributed by atoms with Crippen LogP contribution >= 0.6 is 0 Å². The van der Waals surface area contributed by atoms with E-state index < -0.39 is 10.2 Å². The summed E-state index contributed by atoms with van der Waals surface area (Å²) in [5.74, 6) is 0. The maximum absolute atomic E-state index is 12.5. The van der Waals surface area contributed by atoms with Gasteiger partial charge >= 0.3 is 0 Å². The third-order valence-corrected chi connectivity index (χ3v) is 6.65. The van der Waals surface area contributed by atoms with Gasteiger partial charge in [-0.3, -0.25) is 4.98 Å². The Kier molecular flexibility index (Phi) is 4.90. The summed E-state index contributed by atoms with van der Waals surface area (Å²) in [6.45, 7) is 4.13. The zero-order valence-electron chi connectivity index (χ0n) is 14.4. The molecule has 0 unspecified atom stereocenters. The molecule has 0 amide bonds. The topological polar surface area (TPSA) is 80.5 Å². The van der Waals surface area contributed by atoms with Crippen LogP contribution in [0.4, 0.5) is 5.69 Å². The van der Waals surface area contributed by atoms with E-state index in [1.54, 1.807) is 13.2 Å². The molecule has 8 heteroatoms. The van der Waals surface area contributed by atoms with E-state index in [9.17, 15) is 13.7 Å². The molecule has 0 spiro atoms. The van der Waals surface area contributed by atoms with Gasteiger partial charge in [-0.2, -0.15) is 22.3 Å². The lowest BCUT2D eigenvalue weighted by Crippen LogP contribution is -2.52. The first-order valence-electron chi connectivity index (χ1n) is 8.23. The number of fused-ring (bicyclic) bond motifs is 1. The van der Waals surface area contributed by atoms with Crippen molar-refractivity contribution in [3.05, 3.63) is 36.0 Å². The number of piperazine rings is 1. The molecule has 1 aliphatic rings. The average molecular weight is 359 g/mol. The highest BCUT2D eigenvalue weighted by Crippen LogP contribution is 2.30. The van der Waals surface area contributed by atoms with Gasteiger partial charge in [0.05, 0.1) is 16.8 Å². The largest absolute Gasteiger partial charge is 0.367 e. The highest BCUT2D eigenvalue weighted by Gasteiger charge is 2.30. The fourth-order valence-corrected chi connectivity index (χ4v) is 4.40. The Morgan fingerprint density at radius 3 is 2.56 bits per heavy atom. The Morgan fingerprint density at radius 2 is 1.92 bits per heavy atom. The number of benzene rings is 1. The molecule has 1 aromatic carbocycles. The molecule has 0 saturated carbocycles. The van der Waals surface area contributed by atoms with E-state index in [4.69, 9.17) is 0 Å². The molecule has 0 bridgehead atoms. The van der Waals surface area contributed by atoms with Gasteiger partial charge < -0.3 is 4.90 Å². The van der Waals surface area contributed by atoms with E-state index in [2.05, 4.69) is 16.0 Å². The minimum absolute atomic E-state index is 0.397. The van der Waals surface area contributed by atoms with E-state index in [1.165, 1.54) is 8.61 Å². The summed E-state index contributed by atoms with van der Waals surface area (Å²) in [7, 11) is -1.82. The number of nitriles is 1. The van der Waals surface area contributed by atoms with Crippen LogP contribution in [0.3, 0.4) is 0 Å². The number of para-hydroxylation sites is 1. The number of anilines is 1. The van der Waals surface area contributed by atoms with Crippen molar-refractivity contribution < 1.29 is 8.42 Å². The van der Waals surface area contributed by atoms with Crippen LogP contribution in [-0.2, 0) is 10.2 Å². The fourth-order valence-electron chi connectivity index (χ4n) is 3.05. The zero-order valence-corrected chi connectivity index (χ0v) is 15.2. The molecule has 1 aromatic heterocycles. The number of rotatable bonds is 4. The van der Waals surface area contributed by atoms with Gasteiger partial charge in [-0.1, -0.05) is 25.1 Å². The van der Waals surface area contributed by atoms with Gasteiger partial charge in [-0.05, 0) is 6.07 Å². The number of hydrogen-bond donors (Lipinski definition) is 0. The van der Waals surface area contributed by atoms with Crippen LogP contribution in [-0.4, -0.2) is 61.8 Å². The second kappa shape index (κ2) is 6.96. The van der Waals surface area contributed by atoms with Crippen LogP contribution in [0.2, 0.25) is 0 Å². The first kappa shape index (κ1) is 17.6. The minimum Gasteiger partial charge on any atom is -0.367 e. The SMILES string of the molecule is CCN(C)S(=O)(=O)N1CCN(c2c(C#N)cnc3ccccc23)CC1. The van der Waals surface area contributed by atoms with Crippen molar-refractivity contribution in [3.63, 3.8) is 0 Å². The summed E-state index contributed by atoms with van der Waals surface area (Å²) in [5, 5.41) is 10.4. The molecule has 3 rings (SSSR count). The van der Waals surface area contributed by atoms with Gasteiger partial charge in [0.2, 0.25) is 0 Å². The van der Waals surface area contributed by atoms with E-state index in [1.807, 2.05) is 31.2 Å². The van der Waals surface area contributed by atoms with Gasteiger partial charge in [-0.25, -0.2) is 0 Å². The number of aromatic nitrogens is 1. The first-order chi connectivity index (χ1) is 12.0. The van der Waals surface area contributed by atoms with E-state index in [0.29, 0.717) is 38.3 Å². The minimum atomic E-state index is -3.41. The first-order valence-corrected chi connectivity index (χ1v) is 9.63. The summed E-state index contributed by atoms with van der Waals surface area (Å²) in [6.07, 6.45) is 1.59. The van der Waals surface area contributed by atoms with E-state index >= 15 is 0 Å². The lowest BCUT2D eigenvalue weighted by Gasteiger charge is -2.37. The van der Waals surface area contributed by atoms with E-state index in [-0.39, 0.29) is 0 Å². The van der Waals surface area contributed by atoms with Crippen molar-refractivity contribution in [2.75, 3.05) is 44.7 Å². The van der Waals surface area contributed by atoms with Crippen molar-refractivity contribution in [2.24, 2.45) is 0 Å². The lowest BCUT2D eigenvalue weighted by atomic mass is 10.1. The number of hydrogen-bond acceptors (Lipinski definition) is 5. The maximum Gasteiger partial charge on any atom is 0.281 e. The smallest absolute Gasteiger partial charge is 0.281 e. The fraction of sp³-hybridized carbons (Fsp3) is 0.412. The molecule has 1 fully saturated rings. The monoisotopic (exact) mass is 359 g/mol. The molecule has 25 heavy (non-hydrogen) atoms. The van der Waals surface area contributed by atoms with Crippen LogP contribution in [0.25, 0.3) is 10.9 Å². The molecule has 0 atom stereocenters. The van der Waals surface area contributed by atoms with Crippen LogP contribution < -0.4 is 4.90 Å². The third kappa shape index (κ3) is 3.18. The van der Waals surface area contributed by atoms with Gasteiger partial charge in [-0.15, -0.1) is 0 Å². The Balaban J connectivity index is 1.89. The van der Waals surface area contributed by atoms with Gasteiger partial charge in [0.1, 0.15) is 6.07 Å². The molecule has 132 valence electrons. The molecule has 1 saturated heterocycles. The predicted molar refractivity (Wildman–Crippen MR) is 97.5 cm³/mol. The molecule has 0 aliphatic carbocycles. The quantitative estimate of drug-likeness (QED) is 0.825. The Morgan fingerprint density at radius 1 is 1.24 bits per heavy atom. The van der Waals surface area contributed by atoms with Crippen molar-refractivity contribution in [2.45, 2.75) is 6.92 Å². The summed E-state index contributed by atoms with van der Waals surface area (Å²) < 4.78 is 27.8. The normalized spacial score (nSPS) is 16.3. The third-order valence-electron chi connectivity index (χ3n) is 4.59. The molecule has 1 aliphatic heterocycles. The molecule has 2 aromatic rings. The van der Waals surface area contributed by atoms with Gasteiger partial charge in [0.15, 0.2) is 0 Å². The number of pyridine rings is 1. The highest BCUT2D eigenvalue weighted by molar-refractivity contribution is 7.86. The van der Waals surface area contributed by atoms with Crippen LogP contribution in [0.1, 0.15) is 12.5 Å². The summed E-state index contributed by atoms with van der Waals surface area (Å²) in [4.78, 5) is 6.42. The highest BCUT2D eigenvalue weighted by atomic mass is 32.2. The summed E-state index contributed by atoms with van der Waals surface area (Å²) in [5.41, 5.74) is 2.19. The standard InChI is InChI=1S/C17H21N5O2S/c1-3-20(2)25(23,24)22-10-8-21(9-11-22)17-14(12-18)13-19-16-7-5-4-6-15(16)17/h4-7,13H,3,8-11H2,1-2H3. The summed E-state index contributed by atoms with van der Waals surface area (Å²) in [6, 6.07) is 9.91. The van der Waals surface area contributed by atoms with E-state index in [0.717, 1.165) is 16.6 Å². The Hall–Kier alpha value is -2.21. The van der Waals surface area contributed by atoms with Gasteiger partial charge in [0, 0.05) is 51.4 Å². The Bertz CT molecular complexity index is 914. The van der Waals surface area contributed by atoms with Crippen molar-refractivity contribution in [1.29, 1.82) is 5.26 Å². The average Bonchev–Trinajstić information content (AvgIpc) is 2.66. The molecule has 7 nitrogen and oxygen atoms in total. The lowest BCUT2D eigenvalue weighted by molar-refractivity contribution is 0.347. The molecule has 0 N–H and O–H groups in total. The van der Waals surface area contributed by atoms with Gasteiger partial charge in [0.25, 0.3) is 10.2 Å². The second-order valence-electron chi connectivity index (χ2n) is 5.96. The van der Waals surface area contributed by atoms with Crippen LogP contribution in [0.15, 0.2) is 30.5 Å². The second-order valence-corrected chi connectivity index (χ2v) is 7.99. The number of nitrogens with zero attached hydrogens (tertiary/aromatic N) is 5. The Labute approximate surface area is 148 Å². The van der Waals surface area contributed by atoms with Crippen molar-refractivity contribution >= 4 is 26.8 Å². The maximum atomic E-state index is 12.5. The van der Waals surface area contributed by atoms with Crippen molar-refractivity contribution in [1.82, 2.24) is 13.6 Å².